The normalized spacial score (nSPS) is 13.0. The van der Waals surface area contributed by atoms with Crippen molar-refractivity contribution < 1.29 is 15.0 Å². The molecule has 0 aliphatic rings. The summed E-state index contributed by atoms with van der Waals surface area (Å²) in [6, 6.07) is 5.05. The van der Waals surface area contributed by atoms with Gasteiger partial charge in [0.05, 0.1) is 22.7 Å². The molecule has 21 heavy (non-hydrogen) atoms. The van der Waals surface area contributed by atoms with Gasteiger partial charge in [0.1, 0.15) is 5.82 Å². The zero-order valence-electron chi connectivity index (χ0n) is 12.7. The Hall–Kier alpha value is -1.88. The highest BCUT2D eigenvalue weighted by Crippen LogP contribution is 2.23. The van der Waals surface area contributed by atoms with Crippen LogP contribution in [0.5, 0.6) is 0 Å². The molecule has 1 atom stereocenters. The molecule has 5 heteroatoms. The van der Waals surface area contributed by atoms with Gasteiger partial charge in [0.25, 0.3) is 0 Å². The van der Waals surface area contributed by atoms with Gasteiger partial charge in [-0.15, -0.1) is 0 Å². The lowest BCUT2D eigenvalue weighted by Crippen LogP contribution is -2.08. The molecule has 0 aliphatic heterocycles. The topological polar surface area (TPSA) is 75.3 Å². The molecule has 1 heterocycles. The summed E-state index contributed by atoms with van der Waals surface area (Å²) in [5, 5.41) is 18.4. The second kappa shape index (κ2) is 6.26. The van der Waals surface area contributed by atoms with Gasteiger partial charge in [0, 0.05) is 12.5 Å². The Morgan fingerprint density at radius 2 is 2.05 bits per heavy atom. The summed E-state index contributed by atoms with van der Waals surface area (Å²) in [6.45, 7) is 6.71. The number of carbonyl (C=O) groups is 1. The molecule has 114 valence electrons. The van der Waals surface area contributed by atoms with E-state index >= 15 is 0 Å². The zero-order valence-corrected chi connectivity index (χ0v) is 12.7. The number of nitrogens with zero attached hydrogens (tertiary/aromatic N) is 2. The predicted molar refractivity (Wildman–Crippen MR) is 81.7 cm³/mol. The van der Waals surface area contributed by atoms with Crippen molar-refractivity contribution >= 4 is 17.0 Å². The van der Waals surface area contributed by atoms with Gasteiger partial charge in [0.2, 0.25) is 0 Å². The number of aryl methyl sites for hydroxylation is 1. The number of hydrogen-bond donors (Lipinski definition) is 2. The van der Waals surface area contributed by atoms with Crippen LogP contribution in [0.1, 0.15) is 55.7 Å². The minimum atomic E-state index is -0.938. The summed E-state index contributed by atoms with van der Waals surface area (Å²) in [6.07, 6.45) is 1.30. The van der Waals surface area contributed by atoms with E-state index in [1.54, 1.807) is 19.1 Å². The molecule has 0 saturated heterocycles. The Kier molecular flexibility index (Phi) is 4.63. The van der Waals surface area contributed by atoms with Gasteiger partial charge in [-0.3, -0.25) is 0 Å². The van der Waals surface area contributed by atoms with Crippen molar-refractivity contribution in [1.29, 1.82) is 0 Å². The van der Waals surface area contributed by atoms with E-state index < -0.39 is 5.97 Å². The Morgan fingerprint density at radius 1 is 1.33 bits per heavy atom. The lowest BCUT2D eigenvalue weighted by molar-refractivity contribution is 0.0697. The monoisotopic (exact) mass is 290 g/mol. The van der Waals surface area contributed by atoms with E-state index in [1.807, 2.05) is 6.07 Å². The number of carboxylic acid groups (broad SMARTS) is 1. The molecule has 0 radical (unpaired) electrons. The van der Waals surface area contributed by atoms with E-state index in [1.165, 1.54) is 0 Å². The molecule has 0 aliphatic carbocycles. The molecular formula is C16H22N2O3. The summed E-state index contributed by atoms with van der Waals surface area (Å²) in [7, 11) is 0. The first-order valence-corrected chi connectivity index (χ1v) is 7.31. The Morgan fingerprint density at radius 3 is 2.62 bits per heavy atom. The second-order valence-corrected chi connectivity index (χ2v) is 5.78. The van der Waals surface area contributed by atoms with Crippen LogP contribution in [0, 0.1) is 0 Å². The van der Waals surface area contributed by atoms with E-state index in [4.69, 9.17) is 5.11 Å². The maximum atomic E-state index is 11.1. The van der Waals surface area contributed by atoms with E-state index in [-0.39, 0.29) is 17.6 Å². The van der Waals surface area contributed by atoms with E-state index in [9.17, 15) is 9.90 Å². The fraction of sp³-hybridized carbons (Fsp3) is 0.500. The molecule has 0 saturated carbocycles. The second-order valence-electron chi connectivity index (χ2n) is 5.78. The van der Waals surface area contributed by atoms with Crippen molar-refractivity contribution in [3.63, 3.8) is 0 Å². The fourth-order valence-electron chi connectivity index (χ4n) is 2.50. The maximum absolute atomic E-state index is 11.1. The van der Waals surface area contributed by atoms with Crippen LogP contribution in [0.3, 0.4) is 0 Å². The highest BCUT2D eigenvalue weighted by atomic mass is 16.4. The third-order valence-electron chi connectivity index (χ3n) is 3.54. The van der Waals surface area contributed by atoms with Crippen molar-refractivity contribution in [1.82, 2.24) is 9.55 Å². The van der Waals surface area contributed by atoms with Gasteiger partial charge in [0.15, 0.2) is 0 Å². The van der Waals surface area contributed by atoms with Gasteiger partial charge in [-0.05, 0) is 38.0 Å². The summed E-state index contributed by atoms with van der Waals surface area (Å²) in [5.41, 5.74) is 1.93. The van der Waals surface area contributed by atoms with Crippen LogP contribution < -0.4 is 0 Å². The standard InChI is InChI=1S/C16H22N2O3/c1-10(2)15-17-13-9-12(16(20)21)6-7-14(13)18(15)8-4-5-11(3)19/h6-7,9-11,19H,4-5,8H2,1-3H3,(H,20,21). The minimum absolute atomic E-state index is 0.256. The SMILES string of the molecule is CC(O)CCCn1c(C(C)C)nc2cc(C(=O)O)ccc21. The average Bonchev–Trinajstić information content (AvgIpc) is 2.76. The maximum Gasteiger partial charge on any atom is 0.335 e. The zero-order chi connectivity index (χ0) is 15.6. The molecule has 5 nitrogen and oxygen atoms in total. The molecule has 2 aromatic rings. The molecule has 2 rings (SSSR count). The van der Waals surface area contributed by atoms with Gasteiger partial charge < -0.3 is 14.8 Å². The van der Waals surface area contributed by atoms with Crippen LogP contribution in [0.2, 0.25) is 0 Å². The lowest BCUT2D eigenvalue weighted by Gasteiger charge is -2.12. The van der Waals surface area contributed by atoms with Crippen molar-refractivity contribution in [3.8, 4) is 0 Å². The molecule has 0 amide bonds. The highest BCUT2D eigenvalue weighted by Gasteiger charge is 2.15. The Bertz CT molecular complexity index is 644. The Labute approximate surface area is 124 Å². The number of aromatic nitrogens is 2. The smallest absolute Gasteiger partial charge is 0.335 e. The van der Waals surface area contributed by atoms with Crippen molar-refractivity contribution in [3.05, 3.63) is 29.6 Å². The van der Waals surface area contributed by atoms with Gasteiger partial charge in [-0.25, -0.2) is 9.78 Å². The van der Waals surface area contributed by atoms with Crippen molar-refractivity contribution in [2.24, 2.45) is 0 Å². The van der Waals surface area contributed by atoms with Crippen LogP contribution in [-0.2, 0) is 6.54 Å². The molecule has 1 unspecified atom stereocenters. The number of benzene rings is 1. The number of carboxylic acids is 1. The summed E-state index contributed by atoms with van der Waals surface area (Å²) < 4.78 is 2.13. The number of aromatic carboxylic acids is 1. The van der Waals surface area contributed by atoms with Crippen molar-refractivity contribution in [2.45, 2.75) is 52.2 Å². The average molecular weight is 290 g/mol. The summed E-state index contributed by atoms with van der Waals surface area (Å²) in [4.78, 5) is 15.6. The van der Waals surface area contributed by atoms with E-state index in [2.05, 4.69) is 23.4 Å². The van der Waals surface area contributed by atoms with Crippen molar-refractivity contribution in [2.75, 3.05) is 0 Å². The summed E-state index contributed by atoms with van der Waals surface area (Å²) in [5.74, 6) is 0.280. The van der Waals surface area contributed by atoms with Crippen LogP contribution in [0.4, 0.5) is 0 Å². The number of imidazole rings is 1. The number of rotatable bonds is 6. The molecule has 0 bridgehead atoms. The molecule has 0 fully saturated rings. The van der Waals surface area contributed by atoms with Gasteiger partial charge in [-0.1, -0.05) is 13.8 Å². The molecular weight excluding hydrogens is 268 g/mol. The van der Waals surface area contributed by atoms with Gasteiger partial charge in [-0.2, -0.15) is 0 Å². The summed E-state index contributed by atoms with van der Waals surface area (Å²) >= 11 is 0. The third-order valence-corrected chi connectivity index (χ3v) is 3.54. The predicted octanol–water partition coefficient (Wildman–Crippen LogP) is 3.02. The first kappa shape index (κ1) is 15.5. The molecule has 1 aromatic carbocycles. The first-order valence-electron chi connectivity index (χ1n) is 7.31. The van der Waals surface area contributed by atoms with Crippen LogP contribution >= 0.6 is 0 Å². The molecule has 0 spiro atoms. The van der Waals surface area contributed by atoms with Crippen LogP contribution in [0.25, 0.3) is 11.0 Å². The number of hydrogen-bond acceptors (Lipinski definition) is 3. The molecule has 1 aromatic heterocycles. The number of aliphatic hydroxyl groups excluding tert-OH is 1. The minimum Gasteiger partial charge on any atom is -0.478 e. The van der Waals surface area contributed by atoms with Gasteiger partial charge >= 0.3 is 5.97 Å². The number of fused-ring (bicyclic) bond motifs is 1. The Balaban J connectivity index is 2.40. The third kappa shape index (κ3) is 3.42. The molecule has 2 N–H and O–H groups in total. The van der Waals surface area contributed by atoms with E-state index in [0.29, 0.717) is 0 Å². The first-order chi connectivity index (χ1) is 9.90. The number of aliphatic hydroxyl groups is 1. The van der Waals surface area contributed by atoms with E-state index in [0.717, 1.165) is 36.2 Å². The quantitative estimate of drug-likeness (QED) is 0.857. The fourth-order valence-corrected chi connectivity index (χ4v) is 2.50. The lowest BCUT2D eigenvalue weighted by atomic mass is 10.2. The highest BCUT2D eigenvalue weighted by molar-refractivity contribution is 5.92. The van der Waals surface area contributed by atoms with Crippen LogP contribution in [-0.4, -0.2) is 31.8 Å². The van der Waals surface area contributed by atoms with Crippen LogP contribution in [0.15, 0.2) is 18.2 Å². The largest absolute Gasteiger partial charge is 0.478 e.